The van der Waals surface area contributed by atoms with Gasteiger partial charge in [-0.1, -0.05) is 44.2 Å². The Bertz CT molecular complexity index is 1170. The maximum Gasteiger partial charge on any atom is 0.315 e. The van der Waals surface area contributed by atoms with Crippen molar-refractivity contribution in [2.45, 2.75) is 64.0 Å². The summed E-state index contributed by atoms with van der Waals surface area (Å²) in [5, 5.41) is 6.09. The number of pyridine rings is 1. The first-order chi connectivity index (χ1) is 18.1. The Labute approximate surface area is 220 Å². The standard InChI is InChI=1S/C30H38N6O/c1-3-22(4-2)27-17-28(35-29(34-27)23-10-13-31-14-11-23)26-20-36-15-12-24(26)16-25(36)19-33-30(37)32-18-21-8-6-5-7-9-21/h5-11,13-14,17,22,24-26H,3-4,12,15-16,18-20H2,1-2H3,(H2,32,33,37). The van der Waals surface area contributed by atoms with Gasteiger partial charge in [-0.3, -0.25) is 9.88 Å². The van der Waals surface area contributed by atoms with Crippen molar-refractivity contribution in [1.82, 2.24) is 30.5 Å². The van der Waals surface area contributed by atoms with Crippen LogP contribution in [0.1, 0.15) is 68.3 Å². The number of piperidine rings is 3. The molecule has 2 bridgehead atoms. The summed E-state index contributed by atoms with van der Waals surface area (Å²) >= 11 is 0. The van der Waals surface area contributed by atoms with E-state index in [0.29, 0.717) is 36.9 Å². The van der Waals surface area contributed by atoms with Crippen LogP contribution in [0.4, 0.5) is 4.79 Å². The minimum atomic E-state index is -0.101. The first-order valence-corrected chi connectivity index (χ1v) is 13.7. The molecule has 7 heteroatoms. The molecule has 1 aromatic carbocycles. The van der Waals surface area contributed by atoms with Crippen LogP contribution < -0.4 is 10.6 Å². The number of urea groups is 1. The molecule has 0 radical (unpaired) electrons. The number of carbonyl (C=O) groups excluding carboxylic acids is 1. The third kappa shape index (κ3) is 5.99. The van der Waals surface area contributed by atoms with E-state index < -0.39 is 0 Å². The number of hydrogen-bond donors (Lipinski definition) is 2. The smallest absolute Gasteiger partial charge is 0.315 e. The second-order valence-corrected chi connectivity index (χ2v) is 10.4. The van der Waals surface area contributed by atoms with Crippen molar-refractivity contribution < 1.29 is 4.79 Å². The second-order valence-electron chi connectivity index (χ2n) is 10.4. The fourth-order valence-corrected chi connectivity index (χ4v) is 5.96. The van der Waals surface area contributed by atoms with E-state index in [0.717, 1.165) is 55.0 Å². The van der Waals surface area contributed by atoms with Crippen LogP contribution in [-0.4, -0.2) is 51.6 Å². The summed E-state index contributed by atoms with van der Waals surface area (Å²) in [6.07, 6.45) is 8.02. The second kappa shape index (κ2) is 11.8. The van der Waals surface area contributed by atoms with E-state index in [1.165, 1.54) is 12.1 Å². The average Bonchev–Trinajstić information content (AvgIpc) is 2.97. The molecular formula is C30H38N6O. The molecule has 6 rings (SSSR count). The summed E-state index contributed by atoms with van der Waals surface area (Å²) in [4.78, 5) is 29.2. The van der Waals surface area contributed by atoms with Gasteiger partial charge < -0.3 is 10.6 Å². The number of fused-ring (bicyclic) bond motifs is 3. The molecule has 0 spiro atoms. The third-order valence-corrected chi connectivity index (χ3v) is 8.16. The van der Waals surface area contributed by atoms with Gasteiger partial charge in [0.1, 0.15) is 0 Å². The summed E-state index contributed by atoms with van der Waals surface area (Å²) < 4.78 is 0. The molecule has 4 unspecified atom stereocenters. The Morgan fingerprint density at radius 2 is 1.84 bits per heavy atom. The van der Waals surface area contributed by atoms with Crippen molar-refractivity contribution in [3.63, 3.8) is 0 Å². The van der Waals surface area contributed by atoms with Crippen molar-refractivity contribution >= 4 is 6.03 Å². The minimum Gasteiger partial charge on any atom is -0.337 e. The lowest BCUT2D eigenvalue weighted by Gasteiger charge is -2.49. The Balaban J connectivity index is 1.26. The van der Waals surface area contributed by atoms with Crippen LogP contribution in [0.15, 0.2) is 60.9 Å². The van der Waals surface area contributed by atoms with Crippen molar-refractivity contribution in [3.8, 4) is 11.4 Å². The molecule has 194 valence electrons. The number of benzene rings is 1. The van der Waals surface area contributed by atoms with Crippen molar-refractivity contribution in [3.05, 3.63) is 77.9 Å². The maximum absolute atomic E-state index is 12.4. The lowest BCUT2D eigenvalue weighted by molar-refractivity contribution is 0.0305. The average molecular weight is 499 g/mol. The highest BCUT2D eigenvalue weighted by atomic mass is 16.2. The Morgan fingerprint density at radius 1 is 1.05 bits per heavy atom. The lowest BCUT2D eigenvalue weighted by Crippen LogP contribution is -2.56. The van der Waals surface area contributed by atoms with Gasteiger partial charge in [-0.25, -0.2) is 14.8 Å². The van der Waals surface area contributed by atoms with Crippen LogP contribution in [0.2, 0.25) is 0 Å². The first kappa shape index (κ1) is 25.3. The lowest BCUT2D eigenvalue weighted by atomic mass is 9.74. The molecular weight excluding hydrogens is 460 g/mol. The summed E-state index contributed by atoms with van der Waals surface area (Å²) in [5.41, 5.74) is 4.45. The van der Waals surface area contributed by atoms with Crippen LogP contribution in [0.3, 0.4) is 0 Å². The van der Waals surface area contributed by atoms with Crippen LogP contribution in [0, 0.1) is 5.92 Å². The van der Waals surface area contributed by atoms with Crippen molar-refractivity contribution in [2.24, 2.45) is 5.92 Å². The maximum atomic E-state index is 12.4. The number of carbonyl (C=O) groups is 1. The number of amides is 2. The molecule has 5 heterocycles. The summed E-state index contributed by atoms with van der Waals surface area (Å²) in [7, 11) is 0. The molecule has 3 aromatic rings. The fraction of sp³-hybridized carbons (Fsp3) is 0.467. The third-order valence-electron chi connectivity index (χ3n) is 8.16. The van der Waals surface area contributed by atoms with Crippen LogP contribution in [0.5, 0.6) is 0 Å². The normalized spacial score (nSPS) is 22.7. The highest BCUT2D eigenvalue weighted by molar-refractivity contribution is 5.73. The largest absolute Gasteiger partial charge is 0.337 e. The van der Waals surface area contributed by atoms with Crippen LogP contribution >= 0.6 is 0 Å². The van der Waals surface area contributed by atoms with E-state index in [1.807, 2.05) is 54.9 Å². The number of hydrogen-bond acceptors (Lipinski definition) is 5. The van der Waals surface area contributed by atoms with E-state index in [9.17, 15) is 4.79 Å². The van der Waals surface area contributed by atoms with E-state index in [4.69, 9.17) is 9.97 Å². The molecule has 4 atom stereocenters. The number of aromatic nitrogens is 3. The Morgan fingerprint density at radius 3 is 2.54 bits per heavy atom. The molecule has 2 aromatic heterocycles. The van der Waals surface area contributed by atoms with E-state index >= 15 is 0 Å². The monoisotopic (exact) mass is 498 g/mol. The molecule has 3 fully saturated rings. The predicted octanol–water partition coefficient (Wildman–Crippen LogP) is 5.12. The zero-order valence-electron chi connectivity index (χ0n) is 21.9. The molecule has 7 nitrogen and oxygen atoms in total. The number of nitrogens with zero attached hydrogens (tertiary/aromatic N) is 4. The summed E-state index contributed by atoms with van der Waals surface area (Å²) in [6.45, 7) is 7.76. The number of rotatable bonds is 9. The van der Waals surface area contributed by atoms with Gasteiger partial charge in [0, 0.05) is 66.9 Å². The van der Waals surface area contributed by atoms with E-state index in [2.05, 4.69) is 40.4 Å². The van der Waals surface area contributed by atoms with Gasteiger partial charge in [-0.2, -0.15) is 0 Å². The molecule has 0 saturated carbocycles. The van der Waals surface area contributed by atoms with Gasteiger partial charge in [-0.05, 0) is 61.9 Å². The number of nitrogens with one attached hydrogen (secondary N) is 2. The Kier molecular flexibility index (Phi) is 8.09. The molecule has 37 heavy (non-hydrogen) atoms. The van der Waals surface area contributed by atoms with Gasteiger partial charge in [0.2, 0.25) is 0 Å². The van der Waals surface area contributed by atoms with Gasteiger partial charge in [0.25, 0.3) is 0 Å². The summed E-state index contributed by atoms with van der Waals surface area (Å²) in [6, 6.07) is 16.5. The highest BCUT2D eigenvalue weighted by Crippen LogP contribution is 2.42. The van der Waals surface area contributed by atoms with Gasteiger partial charge in [0.15, 0.2) is 5.82 Å². The SMILES string of the molecule is CCC(CC)c1cc(C2CN3CCC2CC3CNC(=O)NCc2ccccc2)nc(-c2ccncc2)n1. The molecule has 0 aliphatic carbocycles. The quantitative estimate of drug-likeness (QED) is 0.428. The minimum absolute atomic E-state index is 0.101. The van der Waals surface area contributed by atoms with Gasteiger partial charge >= 0.3 is 6.03 Å². The van der Waals surface area contributed by atoms with Crippen molar-refractivity contribution in [2.75, 3.05) is 19.6 Å². The van der Waals surface area contributed by atoms with Gasteiger partial charge in [0.05, 0.1) is 0 Å². The Hall–Kier alpha value is -3.32. The topological polar surface area (TPSA) is 83.0 Å². The molecule has 3 saturated heterocycles. The fourth-order valence-electron chi connectivity index (χ4n) is 5.96. The van der Waals surface area contributed by atoms with Crippen molar-refractivity contribution in [1.29, 1.82) is 0 Å². The first-order valence-electron chi connectivity index (χ1n) is 13.7. The molecule has 2 N–H and O–H groups in total. The van der Waals surface area contributed by atoms with Gasteiger partial charge in [-0.15, -0.1) is 0 Å². The van der Waals surface area contributed by atoms with E-state index in [1.54, 1.807) is 0 Å². The van der Waals surface area contributed by atoms with E-state index in [-0.39, 0.29) is 6.03 Å². The highest BCUT2D eigenvalue weighted by Gasteiger charge is 2.41. The molecule has 2 amide bonds. The zero-order valence-corrected chi connectivity index (χ0v) is 21.9. The predicted molar refractivity (Wildman–Crippen MR) is 146 cm³/mol. The van der Waals surface area contributed by atoms with Crippen LogP contribution in [0.25, 0.3) is 11.4 Å². The molecule has 3 aliphatic rings. The zero-order chi connectivity index (χ0) is 25.6. The summed E-state index contributed by atoms with van der Waals surface area (Å²) in [5.74, 6) is 2.22. The molecule has 3 aliphatic heterocycles. The van der Waals surface area contributed by atoms with Crippen LogP contribution in [-0.2, 0) is 6.54 Å².